The molecule has 0 aliphatic carbocycles. The second-order valence-electron chi connectivity index (χ2n) is 7.59. The summed E-state index contributed by atoms with van der Waals surface area (Å²) in [5.41, 5.74) is 0.737. The first-order valence-electron chi connectivity index (χ1n) is 10.4. The number of halogens is 2. The molecule has 1 aliphatic heterocycles. The van der Waals surface area contributed by atoms with Crippen LogP contribution in [0.15, 0.2) is 23.2 Å². The molecule has 1 aromatic carbocycles. The van der Waals surface area contributed by atoms with Crippen molar-refractivity contribution in [3.8, 4) is 11.5 Å². The van der Waals surface area contributed by atoms with E-state index in [2.05, 4.69) is 39.1 Å². The van der Waals surface area contributed by atoms with Crippen LogP contribution in [0.25, 0.3) is 0 Å². The van der Waals surface area contributed by atoms with Gasteiger partial charge in [-0.15, -0.1) is 0 Å². The van der Waals surface area contributed by atoms with E-state index in [4.69, 9.17) is 9.47 Å². The number of hydrogen-bond acceptors (Lipinski definition) is 5. The van der Waals surface area contributed by atoms with Gasteiger partial charge >= 0.3 is 6.61 Å². The van der Waals surface area contributed by atoms with Gasteiger partial charge in [0.05, 0.1) is 26.4 Å². The number of morpholine rings is 1. The van der Waals surface area contributed by atoms with Gasteiger partial charge in [-0.3, -0.25) is 4.90 Å². The van der Waals surface area contributed by atoms with Crippen molar-refractivity contribution in [1.82, 2.24) is 15.5 Å². The van der Waals surface area contributed by atoms with Crippen molar-refractivity contribution in [2.45, 2.75) is 40.0 Å². The van der Waals surface area contributed by atoms with Crippen LogP contribution in [0.2, 0.25) is 0 Å². The van der Waals surface area contributed by atoms with Crippen molar-refractivity contribution in [3.63, 3.8) is 0 Å². The summed E-state index contributed by atoms with van der Waals surface area (Å²) < 4.78 is 40.7. The van der Waals surface area contributed by atoms with Gasteiger partial charge < -0.3 is 24.8 Å². The molecule has 0 saturated carbocycles. The lowest BCUT2D eigenvalue weighted by atomic mass is 10.2. The Morgan fingerprint density at radius 2 is 2.10 bits per heavy atom. The number of nitrogens with zero attached hydrogens (tertiary/aromatic N) is 2. The van der Waals surface area contributed by atoms with Crippen LogP contribution in [0, 0.1) is 5.92 Å². The Bertz CT molecular complexity index is 674. The van der Waals surface area contributed by atoms with Crippen molar-refractivity contribution in [1.29, 1.82) is 0 Å². The van der Waals surface area contributed by atoms with E-state index in [1.807, 2.05) is 6.92 Å². The Morgan fingerprint density at radius 1 is 1.30 bits per heavy atom. The van der Waals surface area contributed by atoms with Crippen LogP contribution in [0.3, 0.4) is 0 Å². The monoisotopic (exact) mass is 428 g/mol. The fourth-order valence-electron chi connectivity index (χ4n) is 3.32. The summed E-state index contributed by atoms with van der Waals surface area (Å²) in [4.78, 5) is 6.98. The summed E-state index contributed by atoms with van der Waals surface area (Å²) in [7, 11) is 1.41. The van der Waals surface area contributed by atoms with Gasteiger partial charge in [-0.1, -0.05) is 19.9 Å². The molecule has 2 rings (SSSR count). The molecule has 170 valence electrons. The number of ether oxygens (including phenoxy) is 3. The SMILES string of the molecule is CCNC(=NCc1ccc(OC)c(OC(F)F)c1)NCC1CN(CC(C)C)CCO1. The normalized spacial score (nSPS) is 18.0. The third kappa shape index (κ3) is 8.31. The van der Waals surface area contributed by atoms with E-state index in [-0.39, 0.29) is 17.6 Å². The zero-order valence-electron chi connectivity index (χ0n) is 18.3. The highest BCUT2D eigenvalue weighted by Crippen LogP contribution is 2.29. The number of guanidine groups is 1. The van der Waals surface area contributed by atoms with E-state index in [1.54, 1.807) is 12.1 Å². The zero-order valence-corrected chi connectivity index (χ0v) is 18.3. The molecule has 2 N–H and O–H groups in total. The van der Waals surface area contributed by atoms with E-state index in [9.17, 15) is 8.78 Å². The summed E-state index contributed by atoms with van der Waals surface area (Å²) in [6.45, 7) is 8.81. The molecular formula is C21H34F2N4O3. The number of alkyl halides is 2. The largest absolute Gasteiger partial charge is 0.493 e. The minimum atomic E-state index is -2.91. The molecule has 0 aromatic heterocycles. The number of aliphatic imine (C=N–C) groups is 1. The van der Waals surface area contributed by atoms with Crippen molar-refractivity contribution in [2.24, 2.45) is 10.9 Å². The molecule has 1 atom stereocenters. The Morgan fingerprint density at radius 3 is 2.77 bits per heavy atom. The first kappa shape index (κ1) is 24.1. The lowest BCUT2D eigenvalue weighted by Crippen LogP contribution is -2.50. The summed E-state index contributed by atoms with van der Waals surface area (Å²) in [5, 5.41) is 6.51. The number of hydrogen-bond donors (Lipinski definition) is 2. The molecule has 7 nitrogen and oxygen atoms in total. The van der Waals surface area contributed by atoms with E-state index in [0.29, 0.717) is 31.5 Å². The average Bonchev–Trinajstić information content (AvgIpc) is 2.69. The van der Waals surface area contributed by atoms with E-state index < -0.39 is 6.61 Å². The standard InChI is InChI=1S/C21H34F2N4O3/c1-5-24-21(26-12-17-14-27(8-9-29-17)13-15(2)3)25-11-16-6-7-18(28-4)19(10-16)30-20(22)23/h6-7,10,15,17,20H,5,8-9,11-14H2,1-4H3,(H2,24,25,26). The van der Waals surface area contributed by atoms with Crippen LogP contribution in [0.1, 0.15) is 26.3 Å². The van der Waals surface area contributed by atoms with Crippen LogP contribution < -0.4 is 20.1 Å². The minimum absolute atomic E-state index is 0.000917. The van der Waals surface area contributed by atoms with Gasteiger partial charge in [0, 0.05) is 32.7 Å². The zero-order chi connectivity index (χ0) is 21.9. The van der Waals surface area contributed by atoms with Gasteiger partial charge in [-0.05, 0) is 30.5 Å². The predicted octanol–water partition coefficient (Wildman–Crippen LogP) is 2.71. The first-order chi connectivity index (χ1) is 14.4. The Kier molecular flexibility index (Phi) is 10.1. The Labute approximate surface area is 177 Å². The van der Waals surface area contributed by atoms with Crippen LogP contribution >= 0.6 is 0 Å². The van der Waals surface area contributed by atoms with Crippen molar-refractivity contribution < 1.29 is 23.0 Å². The second-order valence-corrected chi connectivity index (χ2v) is 7.59. The summed E-state index contributed by atoms with van der Waals surface area (Å²) >= 11 is 0. The van der Waals surface area contributed by atoms with Gasteiger partial charge in [0.2, 0.25) is 0 Å². The van der Waals surface area contributed by atoms with Crippen molar-refractivity contribution in [3.05, 3.63) is 23.8 Å². The molecule has 0 bridgehead atoms. The molecule has 1 aliphatic rings. The first-order valence-corrected chi connectivity index (χ1v) is 10.4. The highest BCUT2D eigenvalue weighted by atomic mass is 19.3. The quantitative estimate of drug-likeness (QED) is 0.441. The number of rotatable bonds is 10. The van der Waals surface area contributed by atoms with E-state index in [1.165, 1.54) is 13.2 Å². The minimum Gasteiger partial charge on any atom is -0.493 e. The molecule has 0 amide bonds. The molecule has 1 unspecified atom stereocenters. The van der Waals surface area contributed by atoms with Crippen LogP contribution in [-0.2, 0) is 11.3 Å². The van der Waals surface area contributed by atoms with Gasteiger partial charge in [0.15, 0.2) is 17.5 Å². The van der Waals surface area contributed by atoms with Crippen LogP contribution in [-0.4, -0.2) is 70.0 Å². The van der Waals surface area contributed by atoms with Gasteiger partial charge in [-0.25, -0.2) is 4.99 Å². The van der Waals surface area contributed by atoms with Crippen LogP contribution in [0.4, 0.5) is 8.78 Å². The topological polar surface area (TPSA) is 67.4 Å². The fraction of sp³-hybridized carbons (Fsp3) is 0.667. The van der Waals surface area contributed by atoms with Gasteiger partial charge in [0.1, 0.15) is 0 Å². The smallest absolute Gasteiger partial charge is 0.387 e. The van der Waals surface area contributed by atoms with Crippen molar-refractivity contribution in [2.75, 3.05) is 46.4 Å². The maximum atomic E-state index is 12.6. The maximum absolute atomic E-state index is 12.6. The predicted molar refractivity (Wildman–Crippen MR) is 113 cm³/mol. The molecule has 0 spiro atoms. The second kappa shape index (κ2) is 12.5. The molecule has 1 saturated heterocycles. The van der Waals surface area contributed by atoms with Gasteiger partial charge in [0.25, 0.3) is 0 Å². The highest BCUT2D eigenvalue weighted by molar-refractivity contribution is 5.79. The van der Waals surface area contributed by atoms with Crippen LogP contribution in [0.5, 0.6) is 11.5 Å². The number of methoxy groups -OCH3 is 1. The molecule has 9 heteroatoms. The molecule has 1 aromatic rings. The lowest BCUT2D eigenvalue weighted by molar-refractivity contribution is -0.0512. The fourth-order valence-corrected chi connectivity index (χ4v) is 3.32. The summed E-state index contributed by atoms with van der Waals surface area (Å²) in [5.74, 6) is 1.53. The third-order valence-electron chi connectivity index (χ3n) is 4.55. The maximum Gasteiger partial charge on any atom is 0.387 e. The highest BCUT2D eigenvalue weighted by Gasteiger charge is 2.21. The number of benzene rings is 1. The molecule has 1 fully saturated rings. The van der Waals surface area contributed by atoms with E-state index in [0.717, 1.165) is 31.8 Å². The Hall–Kier alpha value is -2.13. The summed E-state index contributed by atoms with van der Waals surface area (Å²) in [6, 6.07) is 4.90. The number of nitrogens with one attached hydrogen (secondary N) is 2. The molecule has 0 radical (unpaired) electrons. The molecule has 1 heterocycles. The average molecular weight is 429 g/mol. The Balaban J connectivity index is 1.95. The third-order valence-corrected chi connectivity index (χ3v) is 4.55. The van der Waals surface area contributed by atoms with Crippen molar-refractivity contribution >= 4 is 5.96 Å². The summed E-state index contributed by atoms with van der Waals surface area (Å²) in [6.07, 6.45) is 0.0911. The lowest BCUT2D eigenvalue weighted by Gasteiger charge is -2.34. The van der Waals surface area contributed by atoms with Gasteiger partial charge in [-0.2, -0.15) is 8.78 Å². The molecule has 30 heavy (non-hydrogen) atoms. The molecular weight excluding hydrogens is 394 g/mol. The van der Waals surface area contributed by atoms with E-state index >= 15 is 0 Å².